The molecule has 0 aliphatic heterocycles. The molecule has 0 atom stereocenters. The van der Waals surface area contributed by atoms with Crippen LogP contribution in [-0.4, -0.2) is 36.3 Å². The van der Waals surface area contributed by atoms with Gasteiger partial charge in [0.05, 0.1) is 51.2 Å². The molecule has 0 amide bonds. The van der Waals surface area contributed by atoms with Gasteiger partial charge in [-0.15, -0.1) is 0 Å². The normalized spacial score (nSPS) is 10.4. The van der Waals surface area contributed by atoms with Gasteiger partial charge in [-0.1, -0.05) is 0 Å². The van der Waals surface area contributed by atoms with Crippen molar-refractivity contribution in [3.05, 3.63) is 54.0 Å². The molecule has 0 aliphatic rings. The van der Waals surface area contributed by atoms with Gasteiger partial charge >= 0.3 is 0 Å². The third-order valence-corrected chi connectivity index (χ3v) is 3.88. The van der Waals surface area contributed by atoms with Crippen molar-refractivity contribution in [2.45, 2.75) is 6.61 Å². The maximum Gasteiger partial charge on any atom is 0.227 e. The molecule has 0 aliphatic carbocycles. The Morgan fingerprint density at radius 1 is 0.862 bits per heavy atom. The van der Waals surface area contributed by atoms with Crippen molar-refractivity contribution in [2.24, 2.45) is 0 Å². The molecule has 10 heteroatoms. The predicted molar refractivity (Wildman–Crippen MR) is 99.9 cm³/mol. The van der Waals surface area contributed by atoms with Crippen LogP contribution in [0.1, 0.15) is 5.56 Å². The van der Waals surface area contributed by atoms with Crippen LogP contribution in [0.25, 0.3) is 0 Å². The Morgan fingerprint density at radius 2 is 1.52 bits per heavy atom. The van der Waals surface area contributed by atoms with Gasteiger partial charge in [0.2, 0.25) is 11.8 Å². The lowest BCUT2D eigenvalue weighted by molar-refractivity contribution is 0.280. The summed E-state index contributed by atoms with van der Waals surface area (Å²) in [6, 6.07) is 4.57. The summed E-state index contributed by atoms with van der Waals surface area (Å²) in [7, 11) is 4.08. The number of rotatable bonds is 8. The second-order valence-electron chi connectivity index (χ2n) is 5.63. The molecule has 1 N–H and O–H groups in total. The van der Waals surface area contributed by atoms with Crippen molar-refractivity contribution < 1.29 is 27.7 Å². The van der Waals surface area contributed by atoms with Crippen LogP contribution in [0.2, 0.25) is 0 Å². The standard InChI is InChI=1S/C19H18F2N4O4/c1-26-14-6-15(27-2)18(21)13(17(14)20)10-29-12-8-23-19(24-9-12)25-11-4-5-16(28-3)22-7-11/h4-9H,10H2,1-3H3,(H,23,24,25). The van der Waals surface area contributed by atoms with Crippen LogP contribution in [0.15, 0.2) is 36.8 Å². The van der Waals surface area contributed by atoms with Gasteiger partial charge in [-0.05, 0) is 6.07 Å². The third-order valence-electron chi connectivity index (χ3n) is 3.88. The maximum absolute atomic E-state index is 14.4. The van der Waals surface area contributed by atoms with Gasteiger partial charge in [-0.2, -0.15) is 0 Å². The Bertz CT molecular complexity index is 941. The lowest BCUT2D eigenvalue weighted by Gasteiger charge is -2.13. The molecule has 2 aromatic heterocycles. The average Bonchev–Trinajstić information content (AvgIpc) is 2.75. The molecule has 3 rings (SSSR count). The van der Waals surface area contributed by atoms with E-state index in [9.17, 15) is 8.78 Å². The number of hydrogen-bond acceptors (Lipinski definition) is 8. The van der Waals surface area contributed by atoms with Gasteiger partial charge < -0.3 is 24.3 Å². The highest BCUT2D eigenvalue weighted by Crippen LogP contribution is 2.32. The highest BCUT2D eigenvalue weighted by molar-refractivity contribution is 5.52. The monoisotopic (exact) mass is 404 g/mol. The fraction of sp³-hybridized carbons (Fsp3) is 0.211. The molecule has 152 valence electrons. The van der Waals surface area contributed by atoms with Crippen LogP contribution in [0.3, 0.4) is 0 Å². The molecule has 0 spiro atoms. The summed E-state index contributed by atoms with van der Waals surface area (Å²) in [5, 5.41) is 2.96. The summed E-state index contributed by atoms with van der Waals surface area (Å²) >= 11 is 0. The average molecular weight is 404 g/mol. The fourth-order valence-electron chi connectivity index (χ4n) is 2.38. The van der Waals surface area contributed by atoms with Gasteiger partial charge in [0, 0.05) is 12.1 Å². The zero-order valence-corrected chi connectivity index (χ0v) is 15.9. The van der Waals surface area contributed by atoms with E-state index in [2.05, 4.69) is 20.3 Å². The Balaban J connectivity index is 1.69. The zero-order valence-electron chi connectivity index (χ0n) is 15.9. The van der Waals surface area contributed by atoms with Crippen LogP contribution in [0.4, 0.5) is 20.4 Å². The Hall–Kier alpha value is -3.69. The van der Waals surface area contributed by atoms with Crippen molar-refractivity contribution in [2.75, 3.05) is 26.6 Å². The van der Waals surface area contributed by atoms with Gasteiger partial charge in [0.15, 0.2) is 28.9 Å². The molecule has 3 aromatic rings. The number of methoxy groups -OCH3 is 3. The van der Waals surface area contributed by atoms with Crippen molar-refractivity contribution >= 4 is 11.6 Å². The van der Waals surface area contributed by atoms with Crippen LogP contribution < -0.4 is 24.3 Å². The van der Waals surface area contributed by atoms with Crippen molar-refractivity contribution in [3.63, 3.8) is 0 Å². The van der Waals surface area contributed by atoms with Crippen molar-refractivity contribution in [1.82, 2.24) is 15.0 Å². The number of nitrogens with zero attached hydrogens (tertiary/aromatic N) is 3. The number of ether oxygens (including phenoxy) is 4. The predicted octanol–water partition coefficient (Wildman–Crippen LogP) is 3.50. The number of anilines is 2. The van der Waals surface area contributed by atoms with E-state index in [1.807, 2.05) is 0 Å². The Labute approximate surface area is 165 Å². The number of halogens is 2. The molecule has 0 saturated carbocycles. The summed E-state index contributed by atoms with van der Waals surface area (Å²) in [5.74, 6) is -1.02. The molecular weight excluding hydrogens is 386 g/mol. The third kappa shape index (κ3) is 4.60. The van der Waals surface area contributed by atoms with Crippen LogP contribution >= 0.6 is 0 Å². The lowest BCUT2D eigenvalue weighted by atomic mass is 10.1. The Kier molecular flexibility index (Phi) is 6.22. The maximum atomic E-state index is 14.4. The first kappa shape index (κ1) is 20.1. The molecule has 0 unspecified atom stereocenters. The van der Waals surface area contributed by atoms with E-state index in [4.69, 9.17) is 18.9 Å². The van der Waals surface area contributed by atoms with Crippen molar-refractivity contribution in [3.8, 4) is 23.1 Å². The molecule has 1 aromatic carbocycles. The van der Waals surface area contributed by atoms with E-state index in [1.54, 1.807) is 18.3 Å². The molecule has 2 heterocycles. The summed E-state index contributed by atoms with van der Waals surface area (Å²) in [6.45, 7) is -0.399. The molecular formula is C19H18F2N4O4. The van der Waals surface area contributed by atoms with Gasteiger partial charge in [0.25, 0.3) is 0 Å². The highest BCUT2D eigenvalue weighted by Gasteiger charge is 2.20. The summed E-state index contributed by atoms with van der Waals surface area (Å²) in [6.07, 6.45) is 4.31. The van der Waals surface area contributed by atoms with E-state index in [1.165, 1.54) is 33.7 Å². The number of aromatic nitrogens is 3. The number of benzene rings is 1. The highest BCUT2D eigenvalue weighted by atomic mass is 19.1. The first-order valence-corrected chi connectivity index (χ1v) is 8.36. The van der Waals surface area contributed by atoms with Gasteiger partial charge in [-0.3, -0.25) is 0 Å². The quantitative estimate of drug-likeness (QED) is 0.610. The largest absolute Gasteiger partial charge is 0.494 e. The Morgan fingerprint density at radius 3 is 2.03 bits per heavy atom. The molecule has 8 nitrogen and oxygen atoms in total. The van der Waals surface area contributed by atoms with E-state index >= 15 is 0 Å². The number of nitrogens with one attached hydrogen (secondary N) is 1. The number of pyridine rings is 1. The van der Waals surface area contributed by atoms with E-state index < -0.39 is 18.2 Å². The first-order chi connectivity index (χ1) is 14.0. The minimum atomic E-state index is -0.864. The van der Waals surface area contributed by atoms with E-state index in [0.29, 0.717) is 17.5 Å². The van der Waals surface area contributed by atoms with Crippen molar-refractivity contribution in [1.29, 1.82) is 0 Å². The summed E-state index contributed by atoms with van der Waals surface area (Å²) in [4.78, 5) is 12.3. The minimum absolute atomic E-state index is 0.147. The molecule has 0 saturated heterocycles. The van der Waals surface area contributed by atoms with E-state index in [0.717, 1.165) is 6.07 Å². The number of hydrogen-bond donors (Lipinski definition) is 1. The fourth-order valence-corrected chi connectivity index (χ4v) is 2.38. The summed E-state index contributed by atoms with van der Waals surface area (Å²) < 4.78 is 48.9. The first-order valence-electron chi connectivity index (χ1n) is 8.36. The molecule has 0 radical (unpaired) electrons. The van der Waals surface area contributed by atoms with Gasteiger partial charge in [0.1, 0.15) is 6.61 Å². The SMILES string of the molecule is COc1ccc(Nc2ncc(OCc3c(F)c(OC)cc(OC)c3F)cn2)cn1. The smallest absolute Gasteiger partial charge is 0.227 e. The summed E-state index contributed by atoms with van der Waals surface area (Å²) in [5.41, 5.74) is 0.333. The van der Waals surface area contributed by atoms with E-state index in [-0.39, 0.29) is 22.8 Å². The topological polar surface area (TPSA) is 87.6 Å². The second kappa shape index (κ2) is 9.00. The molecule has 0 fully saturated rings. The molecule has 0 bridgehead atoms. The van der Waals surface area contributed by atoms with Crippen LogP contribution in [0.5, 0.6) is 23.1 Å². The lowest BCUT2D eigenvalue weighted by Crippen LogP contribution is -2.06. The zero-order chi connectivity index (χ0) is 20.8. The van der Waals surface area contributed by atoms with Crippen LogP contribution in [-0.2, 0) is 6.61 Å². The van der Waals surface area contributed by atoms with Crippen LogP contribution in [0, 0.1) is 11.6 Å². The van der Waals surface area contributed by atoms with Gasteiger partial charge in [-0.25, -0.2) is 23.7 Å². The second-order valence-corrected chi connectivity index (χ2v) is 5.63. The molecule has 29 heavy (non-hydrogen) atoms. The minimum Gasteiger partial charge on any atom is -0.494 e.